The highest BCUT2D eigenvalue weighted by atomic mass is 19.4. The molecule has 178 valence electrons. The SMILES string of the molecule is Cc1ccccc1C(=O)C(C)N1CCC(Oc2ccc(C(F)(F)F)cc2)C(c2ccccc2)C1. The van der Waals surface area contributed by atoms with E-state index in [1.165, 1.54) is 12.1 Å². The number of alkyl halides is 3. The van der Waals surface area contributed by atoms with Gasteiger partial charge in [0.25, 0.3) is 0 Å². The minimum absolute atomic E-state index is 0.0237. The second-order valence-corrected chi connectivity index (χ2v) is 8.83. The Kier molecular flexibility index (Phi) is 7.08. The molecular weight excluding hydrogens is 439 g/mol. The monoisotopic (exact) mass is 467 g/mol. The van der Waals surface area contributed by atoms with Gasteiger partial charge in [-0.3, -0.25) is 9.69 Å². The number of rotatable bonds is 6. The van der Waals surface area contributed by atoms with Crippen molar-refractivity contribution in [2.45, 2.75) is 44.5 Å². The van der Waals surface area contributed by atoms with Crippen molar-refractivity contribution in [1.82, 2.24) is 4.90 Å². The smallest absolute Gasteiger partial charge is 0.416 e. The first-order valence-corrected chi connectivity index (χ1v) is 11.5. The molecule has 3 aromatic carbocycles. The van der Waals surface area contributed by atoms with Gasteiger partial charge in [-0.2, -0.15) is 13.2 Å². The van der Waals surface area contributed by atoms with Crippen molar-refractivity contribution >= 4 is 5.78 Å². The highest BCUT2D eigenvalue weighted by molar-refractivity contribution is 6.01. The van der Waals surface area contributed by atoms with Crippen molar-refractivity contribution in [1.29, 1.82) is 0 Å². The summed E-state index contributed by atoms with van der Waals surface area (Å²) in [7, 11) is 0. The minimum atomic E-state index is -4.38. The maximum atomic E-state index is 13.2. The fraction of sp³-hybridized carbons (Fsp3) is 0.321. The predicted octanol–water partition coefficient (Wildman–Crippen LogP) is 6.52. The van der Waals surface area contributed by atoms with E-state index >= 15 is 0 Å². The van der Waals surface area contributed by atoms with Gasteiger partial charge in [0.1, 0.15) is 11.9 Å². The quantitative estimate of drug-likeness (QED) is 0.387. The molecule has 3 unspecified atom stereocenters. The first kappa shape index (κ1) is 24.0. The van der Waals surface area contributed by atoms with Crippen molar-refractivity contribution in [3.63, 3.8) is 0 Å². The van der Waals surface area contributed by atoms with Gasteiger partial charge in [0.05, 0.1) is 11.6 Å². The lowest BCUT2D eigenvalue weighted by atomic mass is 9.86. The Morgan fingerprint density at radius 3 is 2.26 bits per heavy atom. The van der Waals surface area contributed by atoms with E-state index in [0.717, 1.165) is 28.8 Å². The van der Waals surface area contributed by atoms with Crippen LogP contribution in [0.1, 0.15) is 46.3 Å². The van der Waals surface area contributed by atoms with Crippen molar-refractivity contribution in [2.75, 3.05) is 13.1 Å². The third-order valence-corrected chi connectivity index (χ3v) is 6.62. The zero-order chi connectivity index (χ0) is 24.3. The lowest BCUT2D eigenvalue weighted by Crippen LogP contribution is -2.50. The summed E-state index contributed by atoms with van der Waals surface area (Å²) in [4.78, 5) is 15.4. The van der Waals surface area contributed by atoms with Crippen LogP contribution in [0.3, 0.4) is 0 Å². The van der Waals surface area contributed by atoms with Crippen LogP contribution in [0.15, 0.2) is 78.9 Å². The molecule has 3 aromatic rings. The summed E-state index contributed by atoms with van der Waals surface area (Å²) in [5, 5.41) is 0. The van der Waals surface area contributed by atoms with E-state index in [2.05, 4.69) is 4.90 Å². The summed E-state index contributed by atoms with van der Waals surface area (Å²) >= 11 is 0. The van der Waals surface area contributed by atoms with Crippen LogP contribution in [0.25, 0.3) is 0 Å². The number of aryl methyl sites for hydroxylation is 1. The lowest BCUT2D eigenvalue weighted by molar-refractivity contribution is -0.137. The molecule has 6 heteroatoms. The van der Waals surface area contributed by atoms with Crippen molar-refractivity contribution in [3.8, 4) is 5.75 Å². The molecule has 4 rings (SSSR count). The molecule has 1 heterocycles. The summed E-state index contributed by atoms with van der Waals surface area (Å²) in [6.07, 6.45) is -3.93. The van der Waals surface area contributed by atoms with E-state index in [1.54, 1.807) is 0 Å². The summed E-state index contributed by atoms with van der Waals surface area (Å²) in [5.41, 5.74) is 2.08. The van der Waals surface area contributed by atoms with Gasteiger partial charge in [0.15, 0.2) is 5.78 Å². The van der Waals surface area contributed by atoms with Crippen LogP contribution in [0.4, 0.5) is 13.2 Å². The molecule has 1 aliphatic rings. The van der Waals surface area contributed by atoms with Gasteiger partial charge in [0.2, 0.25) is 0 Å². The average Bonchev–Trinajstić information content (AvgIpc) is 2.84. The second-order valence-electron chi connectivity index (χ2n) is 8.83. The number of likely N-dealkylation sites (tertiary alicyclic amines) is 1. The number of carbonyl (C=O) groups excluding carboxylic acids is 1. The molecule has 0 radical (unpaired) electrons. The molecular formula is C28H28F3NO2. The van der Waals surface area contributed by atoms with Crippen molar-refractivity contribution in [3.05, 3.63) is 101 Å². The number of halogens is 3. The number of hydrogen-bond donors (Lipinski definition) is 0. The van der Waals surface area contributed by atoms with E-state index in [9.17, 15) is 18.0 Å². The van der Waals surface area contributed by atoms with Crippen LogP contribution in [0.2, 0.25) is 0 Å². The predicted molar refractivity (Wildman–Crippen MR) is 126 cm³/mol. The summed E-state index contributed by atoms with van der Waals surface area (Å²) < 4.78 is 45.0. The average molecular weight is 468 g/mol. The molecule has 0 aliphatic carbocycles. The molecule has 1 saturated heterocycles. The van der Waals surface area contributed by atoms with Gasteiger partial charge in [0, 0.05) is 24.6 Å². The molecule has 1 aliphatic heterocycles. The number of ketones is 1. The molecule has 0 saturated carbocycles. The number of ether oxygens (including phenoxy) is 1. The van der Waals surface area contributed by atoms with Crippen molar-refractivity contribution < 1.29 is 22.7 Å². The Hall–Kier alpha value is -3.12. The highest BCUT2D eigenvalue weighted by Crippen LogP contribution is 2.34. The van der Waals surface area contributed by atoms with Crippen LogP contribution in [0.5, 0.6) is 5.75 Å². The third kappa shape index (κ3) is 5.33. The molecule has 0 amide bonds. The maximum absolute atomic E-state index is 13.2. The van der Waals surface area contributed by atoms with E-state index < -0.39 is 11.7 Å². The van der Waals surface area contributed by atoms with Crippen LogP contribution >= 0.6 is 0 Å². The molecule has 0 aromatic heterocycles. The van der Waals surface area contributed by atoms with E-state index in [0.29, 0.717) is 25.3 Å². The zero-order valence-electron chi connectivity index (χ0n) is 19.3. The molecule has 1 fully saturated rings. The van der Waals surface area contributed by atoms with E-state index in [1.807, 2.05) is 68.4 Å². The molecule has 0 spiro atoms. The molecule has 34 heavy (non-hydrogen) atoms. The molecule has 0 N–H and O–H groups in total. The number of carbonyl (C=O) groups is 1. The number of nitrogens with zero attached hydrogens (tertiary/aromatic N) is 1. The van der Waals surface area contributed by atoms with Crippen LogP contribution in [0, 0.1) is 6.92 Å². The largest absolute Gasteiger partial charge is 0.490 e. The highest BCUT2D eigenvalue weighted by Gasteiger charge is 2.36. The fourth-order valence-corrected chi connectivity index (χ4v) is 4.61. The normalized spacial score (nSPS) is 20.0. The number of benzene rings is 3. The molecule has 3 nitrogen and oxygen atoms in total. The number of Topliss-reactive ketones (excluding diaryl/α,β-unsaturated/α-hetero) is 1. The van der Waals surface area contributed by atoms with Crippen LogP contribution < -0.4 is 4.74 Å². The van der Waals surface area contributed by atoms with Crippen LogP contribution in [-0.4, -0.2) is 35.9 Å². The molecule has 0 bridgehead atoms. The topological polar surface area (TPSA) is 29.5 Å². The Bertz CT molecular complexity index is 1110. The van der Waals surface area contributed by atoms with Gasteiger partial charge >= 0.3 is 6.18 Å². The Morgan fingerprint density at radius 2 is 1.62 bits per heavy atom. The van der Waals surface area contributed by atoms with Gasteiger partial charge < -0.3 is 4.74 Å². The number of hydrogen-bond acceptors (Lipinski definition) is 3. The van der Waals surface area contributed by atoms with Gasteiger partial charge in [-0.05, 0) is 55.7 Å². The van der Waals surface area contributed by atoms with E-state index in [4.69, 9.17) is 4.74 Å². The summed E-state index contributed by atoms with van der Waals surface area (Å²) in [6, 6.07) is 22.1. The standard InChI is InChI=1S/C28H28F3NO2/c1-19-8-6-7-11-24(19)27(33)20(2)32-17-16-26(25(18-32)21-9-4-3-5-10-21)34-23-14-12-22(13-15-23)28(29,30)31/h3-15,20,25-26H,16-18H2,1-2H3. The second kappa shape index (κ2) is 10.0. The first-order chi connectivity index (χ1) is 16.2. The lowest BCUT2D eigenvalue weighted by Gasteiger charge is -2.41. The Labute approximate surface area is 198 Å². The summed E-state index contributed by atoms with van der Waals surface area (Å²) in [6.45, 7) is 5.16. The first-order valence-electron chi connectivity index (χ1n) is 11.5. The maximum Gasteiger partial charge on any atom is 0.416 e. The Balaban J connectivity index is 1.53. The van der Waals surface area contributed by atoms with E-state index in [-0.39, 0.29) is 23.8 Å². The Morgan fingerprint density at radius 1 is 0.971 bits per heavy atom. The minimum Gasteiger partial charge on any atom is -0.490 e. The number of piperidine rings is 1. The molecule has 3 atom stereocenters. The fourth-order valence-electron chi connectivity index (χ4n) is 4.61. The van der Waals surface area contributed by atoms with Crippen LogP contribution in [-0.2, 0) is 6.18 Å². The van der Waals surface area contributed by atoms with Crippen molar-refractivity contribution in [2.24, 2.45) is 0 Å². The van der Waals surface area contributed by atoms with Gasteiger partial charge in [-0.1, -0.05) is 54.6 Å². The van der Waals surface area contributed by atoms with Gasteiger partial charge in [-0.25, -0.2) is 0 Å². The summed E-state index contributed by atoms with van der Waals surface area (Å²) in [5.74, 6) is 0.479. The third-order valence-electron chi connectivity index (χ3n) is 6.62. The zero-order valence-corrected chi connectivity index (χ0v) is 19.3. The van der Waals surface area contributed by atoms with Gasteiger partial charge in [-0.15, -0.1) is 0 Å².